The van der Waals surface area contributed by atoms with Crippen LogP contribution >= 0.6 is 0 Å². The van der Waals surface area contributed by atoms with Crippen LogP contribution in [0.5, 0.6) is 0 Å². The maximum absolute atomic E-state index is 11.7. The minimum atomic E-state index is -0.250. The molecular weight excluding hydrogens is 212 g/mol. The van der Waals surface area contributed by atoms with Crippen molar-refractivity contribution in [2.45, 2.75) is 13.0 Å². The number of carbonyl (C=O) groups excluding carboxylic acids is 1. The summed E-state index contributed by atoms with van der Waals surface area (Å²) in [5.41, 5.74) is 3.85. The van der Waals surface area contributed by atoms with Crippen LogP contribution in [0.1, 0.15) is 33.2 Å². The molecule has 2 aromatic rings. The fourth-order valence-electron chi connectivity index (χ4n) is 2.26. The van der Waals surface area contributed by atoms with Crippen molar-refractivity contribution >= 4 is 5.97 Å². The predicted molar refractivity (Wildman–Crippen MR) is 64.9 cm³/mol. The Kier molecular flexibility index (Phi) is 2.22. The lowest BCUT2D eigenvalue weighted by Gasteiger charge is -2.13. The number of ether oxygens (including phenoxy) is 1. The van der Waals surface area contributed by atoms with Crippen LogP contribution in [-0.4, -0.2) is 5.97 Å². The maximum Gasteiger partial charge on any atom is 0.339 e. The number of esters is 1. The monoisotopic (exact) mass is 224 g/mol. The van der Waals surface area contributed by atoms with Gasteiger partial charge < -0.3 is 4.74 Å². The molecular formula is C15H12O2. The molecule has 2 nitrogen and oxygen atoms in total. The first kappa shape index (κ1) is 10.1. The van der Waals surface area contributed by atoms with Gasteiger partial charge in [0, 0.05) is 5.56 Å². The summed E-state index contributed by atoms with van der Waals surface area (Å²) in [6, 6.07) is 15.6. The van der Waals surface area contributed by atoms with Gasteiger partial charge in [0.15, 0.2) is 6.10 Å². The minimum Gasteiger partial charge on any atom is -0.449 e. The van der Waals surface area contributed by atoms with Crippen molar-refractivity contribution in [3.8, 4) is 0 Å². The summed E-state index contributed by atoms with van der Waals surface area (Å²) in [5.74, 6) is -0.228. The van der Waals surface area contributed by atoms with E-state index in [4.69, 9.17) is 4.74 Å². The molecule has 0 fully saturated rings. The lowest BCUT2D eigenvalue weighted by atomic mass is 9.96. The molecule has 0 saturated carbocycles. The first-order valence-corrected chi connectivity index (χ1v) is 5.63. The molecule has 0 N–H and O–H groups in total. The van der Waals surface area contributed by atoms with Gasteiger partial charge in [0.1, 0.15) is 0 Å². The summed E-state index contributed by atoms with van der Waals surface area (Å²) in [6.45, 7) is 2.03. The summed E-state index contributed by atoms with van der Waals surface area (Å²) in [5, 5.41) is 0. The molecule has 1 aliphatic rings. The number of hydrogen-bond donors (Lipinski definition) is 0. The van der Waals surface area contributed by atoms with Crippen LogP contribution in [-0.2, 0) is 4.74 Å². The predicted octanol–water partition coefficient (Wildman–Crippen LogP) is 3.25. The minimum absolute atomic E-state index is 0.228. The lowest BCUT2D eigenvalue weighted by molar-refractivity contribution is 0.0455. The molecule has 3 rings (SSSR count). The number of hydrogen-bond acceptors (Lipinski definition) is 2. The van der Waals surface area contributed by atoms with Gasteiger partial charge in [0.25, 0.3) is 0 Å². The van der Waals surface area contributed by atoms with Crippen molar-refractivity contribution in [2.24, 2.45) is 0 Å². The van der Waals surface area contributed by atoms with Crippen molar-refractivity contribution in [3.05, 3.63) is 70.8 Å². The fourth-order valence-corrected chi connectivity index (χ4v) is 2.26. The normalized spacial score (nSPS) is 17.7. The zero-order valence-electron chi connectivity index (χ0n) is 9.51. The van der Waals surface area contributed by atoms with Crippen LogP contribution in [0.3, 0.4) is 0 Å². The Morgan fingerprint density at radius 3 is 2.35 bits per heavy atom. The van der Waals surface area contributed by atoms with Gasteiger partial charge in [-0.2, -0.15) is 0 Å². The Hall–Kier alpha value is -2.09. The van der Waals surface area contributed by atoms with Crippen LogP contribution < -0.4 is 0 Å². The molecule has 0 aromatic heterocycles. The standard InChI is InChI=1S/C15H12O2/c1-10-6-2-3-7-11(10)14-12-8-4-5-9-13(12)15(16)17-14/h2-9,14H,1H3/t14-/m0/s1. The number of aryl methyl sites for hydroxylation is 1. The molecule has 84 valence electrons. The van der Waals surface area contributed by atoms with Gasteiger partial charge in [-0.1, -0.05) is 42.5 Å². The van der Waals surface area contributed by atoms with E-state index in [0.29, 0.717) is 5.56 Å². The first-order valence-electron chi connectivity index (χ1n) is 5.63. The second kappa shape index (κ2) is 3.74. The van der Waals surface area contributed by atoms with E-state index in [1.807, 2.05) is 55.5 Å². The fraction of sp³-hybridized carbons (Fsp3) is 0.133. The van der Waals surface area contributed by atoms with Crippen molar-refractivity contribution < 1.29 is 9.53 Å². The van der Waals surface area contributed by atoms with Gasteiger partial charge in [-0.05, 0) is 24.1 Å². The zero-order valence-corrected chi connectivity index (χ0v) is 9.51. The maximum atomic E-state index is 11.7. The van der Waals surface area contributed by atoms with Gasteiger partial charge in [-0.3, -0.25) is 0 Å². The summed E-state index contributed by atoms with van der Waals surface area (Å²) >= 11 is 0. The molecule has 0 amide bonds. The van der Waals surface area contributed by atoms with E-state index < -0.39 is 0 Å². The third kappa shape index (κ3) is 1.53. The van der Waals surface area contributed by atoms with Gasteiger partial charge in [-0.25, -0.2) is 4.79 Å². The highest BCUT2D eigenvalue weighted by molar-refractivity contribution is 5.94. The highest BCUT2D eigenvalue weighted by atomic mass is 16.5. The molecule has 0 radical (unpaired) electrons. The summed E-state index contributed by atoms with van der Waals surface area (Å²) in [4.78, 5) is 11.7. The van der Waals surface area contributed by atoms with E-state index in [1.165, 1.54) is 0 Å². The average molecular weight is 224 g/mol. The zero-order chi connectivity index (χ0) is 11.8. The SMILES string of the molecule is Cc1ccccc1[C@@H]1OC(=O)c2ccccc21. The number of cyclic esters (lactones) is 1. The van der Waals surface area contributed by atoms with E-state index in [0.717, 1.165) is 16.7 Å². The molecule has 2 heteroatoms. The van der Waals surface area contributed by atoms with Crippen molar-refractivity contribution in [3.63, 3.8) is 0 Å². The Balaban J connectivity index is 2.14. The largest absolute Gasteiger partial charge is 0.449 e. The van der Waals surface area contributed by atoms with Crippen LogP contribution in [0.2, 0.25) is 0 Å². The Bertz CT molecular complexity index is 587. The van der Waals surface area contributed by atoms with Gasteiger partial charge in [0.05, 0.1) is 5.56 Å². The van der Waals surface area contributed by atoms with E-state index in [2.05, 4.69) is 0 Å². The number of carbonyl (C=O) groups is 1. The van der Waals surface area contributed by atoms with Gasteiger partial charge >= 0.3 is 5.97 Å². The van der Waals surface area contributed by atoms with Crippen molar-refractivity contribution in [2.75, 3.05) is 0 Å². The molecule has 1 atom stereocenters. The third-order valence-corrected chi connectivity index (χ3v) is 3.16. The molecule has 0 saturated heterocycles. The topological polar surface area (TPSA) is 26.3 Å². The van der Waals surface area contributed by atoms with Crippen LogP contribution in [0.25, 0.3) is 0 Å². The van der Waals surface area contributed by atoms with E-state index in [9.17, 15) is 4.79 Å². The summed E-state index contributed by atoms with van der Waals surface area (Å²) in [7, 11) is 0. The molecule has 17 heavy (non-hydrogen) atoms. The molecule has 0 aliphatic carbocycles. The Morgan fingerprint density at radius 1 is 0.941 bits per heavy atom. The highest BCUT2D eigenvalue weighted by Gasteiger charge is 2.32. The third-order valence-electron chi connectivity index (χ3n) is 3.16. The number of benzene rings is 2. The molecule has 0 unspecified atom stereocenters. The molecule has 2 aromatic carbocycles. The second-order valence-electron chi connectivity index (χ2n) is 4.23. The van der Waals surface area contributed by atoms with E-state index >= 15 is 0 Å². The number of fused-ring (bicyclic) bond motifs is 1. The average Bonchev–Trinajstić information content (AvgIpc) is 2.68. The Morgan fingerprint density at radius 2 is 1.59 bits per heavy atom. The first-order chi connectivity index (χ1) is 8.27. The van der Waals surface area contributed by atoms with E-state index in [-0.39, 0.29) is 12.1 Å². The summed E-state index contributed by atoms with van der Waals surface area (Å²) < 4.78 is 5.46. The molecule has 1 heterocycles. The summed E-state index contributed by atoms with van der Waals surface area (Å²) in [6.07, 6.45) is -0.250. The quantitative estimate of drug-likeness (QED) is 0.695. The van der Waals surface area contributed by atoms with Crippen LogP contribution in [0.4, 0.5) is 0 Å². The van der Waals surface area contributed by atoms with Crippen LogP contribution in [0.15, 0.2) is 48.5 Å². The number of rotatable bonds is 1. The molecule has 0 bridgehead atoms. The molecule has 1 aliphatic heterocycles. The molecule has 0 spiro atoms. The van der Waals surface area contributed by atoms with Crippen LogP contribution in [0, 0.1) is 6.92 Å². The van der Waals surface area contributed by atoms with Crippen molar-refractivity contribution in [1.82, 2.24) is 0 Å². The smallest absolute Gasteiger partial charge is 0.339 e. The second-order valence-corrected chi connectivity index (χ2v) is 4.23. The lowest BCUT2D eigenvalue weighted by Crippen LogP contribution is -2.02. The van der Waals surface area contributed by atoms with Gasteiger partial charge in [0.2, 0.25) is 0 Å². The Labute approximate surface area is 99.9 Å². The highest BCUT2D eigenvalue weighted by Crippen LogP contribution is 2.36. The van der Waals surface area contributed by atoms with E-state index in [1.54, 1.807) is 0 Å². The van der Waals surface area contributed by atoms with Crippen molar-refractivity contribution in [1.29, 1.82) is 0 Å². The van der Waals surface area contributed by atoms with Gasteiger partial charge in [-0.15, -0.1) is 0 Å².